The molecular formula is C15H23NO2S. The number of thiophene rings is 1. The van der Waals surface area contributed by atoms with Crippen LogP contribution < -0.4 is 5.32 Å². The maximum absolute atomic E-state index is 12.2. The Morgan fingerprint density at radius 2 is 2.42 bits per heavy atom. The summed E-state index contributed by atoms with van der Waals surface area (Å²) in [6.45, 7) is 6.51. The summed E-state index contributed by atoms with van der Waals surface area (Å²) in [5, 5.41) is 5.42. The van der Waals surface area contributed by atoms with Crippen LogP contribution in [0.1, 0.15) is 31.6 Å². The van der Waals surface area contributed by atoms with E-state index in [1.165, 1.54) is 4.88 Å². The summed E-state index contributed by atoms with van der Waals surface area (Å²) < 4.78 is 5.47. The lowest BCUT2D eigenvalue weighted by Crippen LogP contribution is -2.43. The normalized spacial score (nSPS) is 20.2. The van der Waals surface area contributed by atoms with Gasteiger partial charge in [-0.25, -0.2) is 0 Å². The first-order valence-corrected chi connectivity index (χ1v) is 7.89. The van der Waals surface area contributed by atoms with Gasteiger partial charge in [0.25, 0.3) is 0 Å². The Hall–Kier alpha value is -0.870. The topological polar surface area (TPSA) is 38.3 Å². The minimum Gasteiger partial charge on any atom is -0.465 e. The Balaban J connectivity index is 1.80. The molecular weight excluding hydrogens is 258 g/mol. The molecule has 1 aliphatic rings. The molecule has 106 valence electrons. The number of hydrogen-bond donors (Lipinski definition) is 1. The van der Waals surface area contributed by atoms with Crippen LogP contribution in [-0.4, -0.2) is 25.7 Å². The average Bonchev–Trinajstić information content (AvgIpc) is 2.93. The van der Waals surface area contributed by atoms with Crippen LogP contribution in [0.15, 0.2) is 17.5 Å². The number of esters is 1. The van der Waals surface area contributed by atoms with Crippen molar-refractivity contribution < 1.29 is 9.53 Å². The number of carbonyl (C=O) groups is 1. The molecule has 4 heteroatoms. The minimum absolute atomic E-state index is 0.0576. The molecule has 0 aromatic carbocycles. The lowest BCUT2D eigenvalue weighted by atomic mass is 9.75. The zero-order chi connectivity index (χ0) is 13.7. The van der Waals surface area contributed by atoms with Crippen LogP contribution in [0, 0.1) is 11.3 Å². The number of hydrogen-bond acceptors (Lipinski definition) is 4. The van der Waals surface area contributed by atoms with Crippen molar-refractivity contribution in [2.75, 3.05) is 19.7 Å². The lowest BCUT2D eigenvalue weighted by Gasteiger charge is -2.35. The summed E-state index contributed by atoms with van der Waals surface area (Å²) >= 11 is 1.71. The molecule has 0 amide bonds. The van der Waals surface area contributed by atoms with E-state index in [0.29, 0.717) is 12.5 Å². The van der Waals surface area contributed by atoms with Crippen molar-refractivity contribution in [3.63, 3.8) is 0 Å². The van der Waals surface area contributed by atoms with Gasteiger partial charge in [-0.05, 0) is 57.1 Å². The largest absolute Gasteiger partial charge is 0.465 e. The van der Waals surface area contributed by atoms with Crippen LogP contribution in [0.3, 0.4) is 0 Å². The molecule has 0 bridgehead atoms. The molecule has 0 aliphatic carbocycles. The van der Waals surface area contributed by atoms with Crippen molar-refractivity contribution in [1.29, 1.82) is 0 Å². The van der Waals surface area contributed by atoms with Gasteiger partial charge in [-0.15, -0.1) is 11.3 Å². The Kier molecular flexibility index (Phi) is 4.99. The number of carbonyl (C=O) groups excluding carboxylic acids is 1. The van der Waals surface area contributed by atoms with Crippen LogP contribution in [0.2, 0.25) is 0 Å². The van der Waals surface area contributed by atoms with Crippen molar-refractivity contribution in [3.05, 3.63) is 22.4 Å². The molecule has 0 radical (unpaired) electrons. The van der Waals surface area contributed by atoms with Crippen molar-refractivity contribution in [1.82, 2.24) is 5.32 Å². The molecule has 19 heavy (non-hydrogen) atoms. The van der Waals surface area contributed by atoms with Gasteiger partial charge in [0.05, 0.1) is 12.0 Å². The van der Waals surface area contributed by atoms with E-state index in [1.54, 1.807) is 11.3 Å². The molecule has 1 N–H and O–H groups in total. The van der Waals surface area contributed by atoms with E-state index >= 15 is 0 Å². The van der Waals surface area contributed by atoms with Crippen molar-refractivity contribution in [2.45, 2.75) is 33.1 Å². The molecule has 0 spiro atoms. The SMILES string of the molecule is CC(C)(C(=O)OCCc1cccs1)C1CCCNC1. The molecule has 1 atom stereocenters. The van der Waals surface area contributed by atoms with E-state index in [4.69, 9.17) is 4.74 Å². The number of rotatable bonds is 5. The second kappa shape index (κ2) is 6.53. The summed E-state index contributed by atoms with van der Waals surface area (Å²) in [6.07, 6.45) is 3.08. The fraction of sp³-hybridized carbons (Fsp3) is 0.667. The van der Waals surface area contributed by atoms with E-state index in [1.807, 2.05) is 19.9 Å². The molecule has 1 aliphatic heterocycles. The first-order chi connectivity index (χ1) is 9.10. The summed E-state index contributed by atoms with van der Waals surface area (Å²) in [4.78, 5) is 13.5. The van der Waals surface area contributed by atoms with E-state index in [2.05, 4.69) is 16.8 Å². The molecule has 2 heterocycles. The highest BCUT2D eigenvalue weighted by atomic mass is 32.1. The quantitative estimate of drug-likeness (QED) is 0.843. The van der Waals surface area contributed by atoms with Crippen LogP contribution >= 0.6 is 11.3 Å². The minimum atomic E-state index is -0.386. The van der Waals surface area contributed by atoms with Gasteiger partial charge in [-0.1, -0.05) is 6.07 Å². The first kappa shape index (κ1) is 14.5. The Morgan fingerprint density at radius 3 is 3.05 bits per heavy atom. The molecule has 3 nitrogen and oxygen atoms in total. The van der Waals surface area contributed by atoms with E-state index in [-0.39, 0.29) is 11.4 Å². The Bertz CT molecular complexity index is 394. The Morgan fingerprint density at radius 1 is 1.58 bits per heavy atom. The monoisotopic (exact) mass is 281 g/mol. The third-order valence-corrected chi connectivity index (χ3v) is 4.94. The molecule has 1 aromatic rings. The van der Waals surface area contributed by atoms with Crippen LogP contribution in [0.25, 0.3) is 0 Å². The smallest absolute Gasteiger partial charge is 0.311 e. The van der Waals surface area contributed by atoms with Gasteiger partial charge >= 0.3 is 5.97 Å². The third-order valence-electron chi connectivity index (χ3n) is 4.01. The maximum atomic E-state index is 12.2. The standard InChI is InChI=1S/C15H23NO2S/c1-15(2,12-5-3-8-16-11-12)14(17)18-9-7-13-6-4-10-19-13/h4,6,10,12,16H,3,5,7-9,11H2,1-2H3. The van der Waals surface area contributed by atoms with Crippen LogP contribution in [0.5, 0.6) is 0 Å². The second-order valence-electron chi connectivity index (χ2n) is 5.73. The molecule has 1 unspecified atom stereocenters. The van der Waals surface area contributed by atoms with Crippen LogP contribution in [0.4, 0.5) is 0 Å². The number of piperidine rings is 1. The lowest BCUT2D eigenvalue weighted by molar-refractivity contribution is -0.157. The van der Waals surface area contributed by atoms with E-state index in [0.717, 1.165) is 32.4 Å². The summed E-state index contributed by atoms with van der Waals surface area (Å²) in [6, 6.07) is 4.11. The first-order valence-electron chi connectivity index (χ1n) is 7.01. The molecule has 1 aromatic heterocycles. The molecule has 1 fully saturated rings. The number of ether oxygens (including phenoxy) is 1. The molecule has 2 rings (SSSR count). The molecule has 0 saturated carbocycles. The van der Waals surface area contributed by atoms with Gasteiger partial charge in [-0.2, -0.15) is 0 Å². The maximum Gasteiger partial charge on any atom is 0.311 e. The van der Waals surface area contributed by atoms with Gasteiger partial charge in [0.1, 0.15) is 0 Å². The van der Waals surface area contributed by atoms with Crippen molar-refractivity contribution in [2.24, 2.45) is 11.3 Å². The van der Waals surface area contributed by atoms with Gasteiger partial charge < -0.3 is 10.1 Å². The van der Waals surface area contributed by atoms with Gasteiger partial charge in [0, 0.05) is 11.3 Å². The molecule has 1 saturated heterocycles. The highest BCUT2D eigenvalue weighted by Gasteiger charge is 2.38. The second-order valence-corrected chi connectivity index (χ2v) is 6.76. The fourth-order valence-corrected chi connectivity index (χ4v) is 3.21. The van der Waals surface area contributed by atoms with Crippen molar-refractivity contribution >= 4 is 17.3 Å². The predicted octanol–water partition coefficient (Wildman–Crippen LogP) is 2.86. The number of nitrogens with one attached hydrogen (secondary N) is 1. The highest BCUT2D eigenvalue weighted by molar-refractivity contribution is 7.09. The highest BCUT2D eigenvalue weighted by Crippen LogP contribution is 2.33. The zero-order valence-electron chi connectivity index (χ0n) is 11.8. The van der Waals surface area contributed by atoms with Gasteiger partial charge in [0.2, 0.25) is 0 Å². The summed E-state index contributed by atoms with van der Waals surface area (Å²) in [5.74, 6) is 0.327. The predicted molar refractivity (Wildman–Crippen MR) is 78.4 cm³/mol. The van der Waals surface area contributed by atoms with E-state index < -0.39 is 0 Å². The average molecular weight is 281 g/mol. The summed E-state index contributed by atoms with van der Waals surface area (Å²) in [7, 11) is 0. The summed E-state index contributed by atoms with van der Waals surface area (Å²) in [5.41, 5.74) is -0.386. The fourth-order valence-electron chi connectivity index (χ4n) is 2.52. The zero-order valence-corrected chi connectivity index (χ0v) is 12.6. The van der Waals surface area contributed by atoms with Gasteiger partial charge in [-0.3, -0.25) is 4.79 Å². The third kappa shape index (κ3) is 3.80. The Labute approximate surface area is 119 Å². The van der Waals surface area contributed by atoms with Gasteiger partial charge in [0.15, 0.2) is 0 Å². The van der Waals surface area contributed by atoms with E-state index in [9.17, 15) is 4.79 Å². The van der Waals surface area contributed by atoms with Crippen molar-refractivity contribution in [3.8, 4) is 0 Å². The van der Waals surface area contributed by atoms with Crippen LogP contribution in [-0.2, 0) is 16.0 Å².